The third-order valence-corrected chi connectivity index (χ3v) is 4.52. The van der Waals surface area contributed by atoms with Crippen molar-refractivity contribution in [3.8, 4) is 5.75 Å². The predicted octanol–water partition coefficient (Wildman–Crippen LogP) is 4.10. The summed E-state index contributed by atoms with van der Waals surface area (Å²) in [7, 11) is 1.46. The second kappa shape index (κ2) is 10.9. The van der Waals surface area contributed by atoms with Crippen LogP contribution < -0.4 is 15.4 Å². The zero-order valence-electron chi connectivity index (χ0n) is 17.0. The minimum absolute atomic E-state index is 0. The zero-order chi connectivity index (χ0) is 20.9. The number of para-hydroxylation sites is 1. The average molecular weight is 537 g/mol. The molecule has 3 rings (SSSR count). The first-order valence-corrected chi connectivity index (χ1v) is 9.69. The summed E-state index contributed by atoms with van der Waals surface area (Å²) in [5.74, 6) is 1.90. The number of halogens is 4. The van der Waals surface area contributed by atoms with E-state index in [9.17, 15) is 13.2 Å². The summed E-state index contributed by atoms with van der Waals surface area (Å²) in [5.41, 5.74) is 0.0971. The van der Waals surface area contributed by atoms with Crippen LogP contribution in [0, 0.1) is 5.92 Å². The van der Waals surface area contributed by atoms with Crippen molar-refractivity contribution in [3.63, 3.8) is 0 Å². The molecule has 0 amide bonds. The van der Waals surface area contributed by atoms with Gasteiger partial charge in [-0.3, -0.25) is 4.68 Å². The minimum atomic E-state index is -4.50. The highest BCUT2D eigenvalue weighted by Gasteiger charge is 2.36. The first kappa shape index (κ1) is 24.3. The fourth-order valence-electron chi connectivity index (χ4n) is 2.86. The van der Waals surface area contributed by atoms with Crippen molar-refractivity contribution in [1.29, 1.82) is 0 Å². The van der Waals surface area contributed by atoms with Crippen LogP contribution in [-0.4, -0.2) is 28.9 Å². The monoisotopic (exact) mass is 537 g/mol. The number of guanidine groups is 1. The molecular formula is C20H27F3IN5O. The molecule has 1 fully saturated rings. The minimum Gasteiger partial charge on any atom is -0.493 e. The highest BCUT2D eigenvalue weighted by atomic mass is 127. The van der Waals surface area contributed by atoms with Gasteiger partial charge in [0.25, 0.3) is 0 Å². The van der Waals surface area contributed by atoms with Crippen LogP contribution in [0.3, 0.4) is 0 Å². The van der Waals surface area contributed by atoms with Gasteiger partial charge in [-0.1, -0.05) is 18.2 Å². The van der Waals surface area contributed by atoms with Crippen LogP contribution >= 0.6 is 24.0 Å². The second-order valence-electron chi connectivity index (χ2n) is 7.09. The molecule has 166 valence electrons. The summed E-state index contributed by atoms with van der Waals surface area (Å²) in [6.07, 6.45) is -0.732. The van der Waals surface area contributed by atoms with E-state index in [1.165, 1.54) is 26.1 Å². The van der Waals surface area contributed by atoms with Gasteiger partial charge in [0.2, 0.25) is 0 Å². The van der Waals surface area contributed by atoms with Crippen LogP contribution in [0.15, 0.2) is 35.5 Å². The first-order valence-electron chi connectivity index (χ1n) is 9.69. The molecule has 1 aliphatic rings. The molecule has 6 nitrogen and oxygen atoms in total. The fourth-order valence-corrected chi connectivity index (χ4v) is 2.86. The van der Waals surface area contributed by atoms with Crippen molar-refractivity contribution in [1.82, 2.24) is 20.4 Å². The first-order chi connectivity index (χ1) is 13.9. The van der Waals surface area contributed by atoms with Crippen molar-refractivity contribution in [2.45, 2.75) is 39.0 Å². The van der Waals surface area contributed by atoms with Gasteiger partial charge in [-0.05, 0) is 31.7 Å². The topological polar surface area (TPSA) is 63.5 Å². The van der Waals surface area contributed by atoms with Gasteiger partial charge in [0.15, 0.2) is 11.7 Å². The SMILES string of the molecule is CCNC(=NCc1cn(C)nc1C(F)(F)F)NCc1ccccc1OCC1CC1.I. The Morgan fingerprint density at radius 3 is 2.63 bits per heavy atom. The van der Waals surface area contributed by atoms with Gasteiger partial charge < -0.3 is 15.4 Å². The summed E-state index contributed by atoms with van der Waals surface area (Å²) < 4.78 is 46.4. The summed E-state index contributed by atoms with van der Waals surface area (Å²) >= 11 is 0. The van der Waals surface area contributed by atoms with E-state index < -0.39 is 11.9 Å². The number of aryl methyl sites for hydroxylation is 1. The maximum atomic E-state index is 13.1. The lowest BCUT2D eigenvalue weighted by molar-refractivity contribution is -0.142. The molecule has 0 unspecified atom stereocenters. The van der Waals surface area contributed by atoms with Gasteiger partial charge >= 0.3 is 6.18 Å². The predicted molar refractivity (Wildman–Crippen MR) is 120 cm³/mol. The highest BCUT2D eigenvalue weighted by Crippen LogP contribution is 2.31. The Morgan fingerprint density at radius 1 is 1.23 bits per heavy atom. The highest BCUT2D eigenvalue weighted by molar-refractivity contribution is 14.0. The van der Waals surface area contributed by atoms with Crippen molar-refractivity contribution < 1.29 is 17.9 Å². The second-order valence-corrected chi connectivity index (χ2v) is 7.09. The summed E-state index contributed by atoms with van der Waals surface area (Å²) in [6, 6.07) is 7.73. The van der Waals surface area contributed by atoms with Gasteiger partial charge in [0.05, 0.1) is 13.2 Å². The van der Waals surface area contributed by atoms with E-state index in [1.54, 1.807) is 0 Å². The molecule has 0 saturated heterocycles. The summed E-state index contributed by atoms with van der Waals surface area (Å²) in [6.45, 7) is 3.52. The van der Waals surface area contributed by atoms with E-state index in [0.717, 1.165) is 16.0 Å². The number of rotatable bonds is 8. The molecule has 0 spiro atoms. The number of aliphatic imine (C=N–C) groups is 1. The van der Waals surface area contributed by atoms with E-state index in [2.05, 4.69) is 20.7 Å². The van der Waals surface area contributed by atoms with Crippen molar-refractivity contribution in [2.24, 2.45) is 18.0 Å². The molecule has 1 aliphatic carbocycles. The lowest BCUT2D eigenvalue weighted by Crippen LogP contribution is -2.36. The number of nitrogens with one attached hydrogen (secondary N) is 2. The smallest absolute Gasteiger partial charge is 0.435 e. The lowest BCUT2D eigenvalue weighted by Gasteiger charge is -2.14. The molecule has 0 radical (unpaired) electrons. The Morgan fingerprint density at radius 2 is 1.97 bits per heavy atom. The van der Waals surface area contributed by atoms with Crippen LogP contribution in [-0.2, 0) is 26.3 Å². The number of nitrogens with zero attached hydrogens (tertiary/aromatic N) is 3. The number of aromatic nitrogens is 2. The van der Waals surface area contributed by atoms with Crippen LogP contribution in [0.25, 0.3) is 0 Å². The quantitative estimate of drug-likeness (QED) is 0.303. The normalized spacial score (nSPS) is 14.2. The number of benzene rings is 1. The van der Waals surface area contributed by atoms with Gasteiger partial charge in [0, 0.05) is 37.5 Å². The maximum Gasteiger partial charge on any atom is 0.435 e. The number of hydrogen-bond donors (Lipinski definition) is 2. The van der Waals surface area contributed by atoms with E-state index in [-0.39, 0.29) is 36.1 Å². The van der Waals surface area contributed by atoms with Crippen molar-refractivity contribution >= 4 is 29.9 Å². The van der Waals surface area contributed by atoms with E-state index >= 15 is 0 Å². The Kier molecular flexibility index (Phi) is 8.80. The molecule has 1 aromatic heterocycles. The molecule has 2 aromatic rings. The van der Waals surface area contributed by atoms with Crippen LogP contribution in [0.1, 0.15) is 36.6 Å². The number of alkyl halides is 3. The molecule has 0 aliphatic heterocycles. The standard InChI is InChI=1S/C20H26F3N5O.HI/c1-3-24-19(26-11-16-12-28(2)27-18(16)20(21,22)23)25-10-15-6-4-5-7-17(15)29-13-14-8-9-14;/h4-7,12,14H,3,8-11,13H2,1-2H3,(H2,24,25,26);1H. The molecular weight excluding hydrogens is 510 g/mol. The van der Waals surface area contributed by atoms with Crippen LogP contribution in [0.5, 0.6) is 5.75 Å². The van der Waals surface area contributed by atoms with Gasteiger partial charge in [-0.25, -0.2) is 4.99 Å². The molecule has 2 N–H and O–H groups in total. The average Bonchev–Trinajstić information content (AvgIpc) is 3.42. The van der Waals surface area contributed by atoms with Gasteiger partial charge in [-0.2, -0.15) is 18.3 Å². The summed E-state index contributed by atoms with van der Waals surface area (Å²) in [4.78, 5) is 4.30. The third-order valence-electron chi connectivity index (χ3n) is 4.52. The number of ether oxygens (including phenoxy) is 1. The molecule has 1 saturated carbocycles. The third kappa shape index (κ3) is 7.06. The molecule has 1 aromatic carbocycles. The fraction of sp³-hybridized carbons (Fsp3) is 0.500. The molecule has 10 heteroatoms. The zero-order valence-corrected chi connectivity index (χ0v) is 19.3. The van der Waals surface area contributed by atoms with Crippen molar-refractivity contribution in [2.75, 3.05) is 13.2 Å². The van der Waals surface area contributed by atoms with E-state index in [0.29, 0.717) is 31.6 Å². The Balaban J connectivity index is 0.00000320. The largest absolute Gasteiger partial charge is 0.493 e. The molecule has 1 heterocycles. The van der Waals surface area contributed by atoms with E-state index in [1.807, 2.05) is 31.2 Å². The van der Waals surface area contributed by atoms with Gasteiger partial charge in [0.1, 0.15) is 5.75 Å². The Bertz CT molecular complexity index is 849. The Labute approximate surface area is 191 Å². The number of hydrogen-bond acceptors (Lipinski definition) is 3. The van der Waals surface area contributed by atoms with Crippen LogP contribution in [0.2, 0.25) is 0 Å². The van der Waals surface area contributed by atoms with Gasteiger partial charge in [-0.15, -0.1) is 24.0 Å². The maximum absolute atomic E-state index is 13.1. The van der Waals surface area contributed by atoms with Crippen molar-refractivity contribution in [3.05, 3.63) is 47.3 Å². The lowest BCUT2D eigenvalue weighted by atomic mass is 10.2. The Hall–Kier alpha value is -1.98. The molecule has 0 bridgehead atoms. The summed E-state index contributed by atoms with van der Waals surface area (Å²) in [5, 5.41) is 9.74. The van der Waals surface area contributed by atoms with Crippen LogP contribution in [0.4, 0.5) is 13.2 Å². The molecule has 30 heavy (non-hydrogen) atoms. The molecule has 0 atom stereocenters. The van der Waals surface area contributed by atoms with E-state index in [4.69, 9.17) is 4.74 Å².